The minimum atomic E-state index is -0.411. The number of piperidine rings is 1. The van der Waals surface area contributed by atoms with Gasteiger partial charge in [0.05, 0.1) is 6.26 Å². The molecular formula is C19H18N6O4. The molecule has 4 heterocycles. The third-order valence-electron chi connectivity index (χ3n) is 4.74. The molecule has 1 aliphatic rings. The summed E-state index contributed by atoms with van der Waals surface area (Å²) < 4.78 is 11.0. The van der Waals surface area contributed by atoms with Gasteiger partial charge in [0, 0.05) is 25.2 Å². The lowest BCUT2D eigenvalue weighted by Gasteiger charge is -2.30. The number of nitrogens with one attached hydrogen (secondary N) is 3. The highest BCUT2D eigenvalue weighted by Gasteiger charge is 2.29. The Morgan fingerprint density at radius 3 is 2.72 bits per heavy atom. The van der Waals surface area contributed by atoms with Crippen LogP contribution in [0.2, 0.25) is 0 Å². The van der Waals surface area contributed by atoms with Crippen molar-refractivity contribution in [1.82, 2.24) is 20.8 Å². The van der Waals surface area contributed by atoms with Crippen LogP contribution in [0.4, 0.5) is 5.88 Å². The number of oxazole rings is 1. The van der Waals surface area contributed by atoms with Crippen molar-refractivity contribution in [1.29, 1.82) is 5.26 Å². The Morgan fingerprint density at radius 2 is 2.07 bits per heavy atom. The Hall–Kier alpha value is -4.00. The minimum Gasteiger partial charge on any atom is -0.459 e. The zero-order valence-electron chi connectivity index (χ0n) is 15.3. The number of carbonyl (C=O) groups excluding carboxylic acids is 2. The van der Waals surface area contributed by atoms with Crippen LogP contribution in [0.1, 0.15) is 29.0 Å². The van der Waals surface area contributed by atoms with Crippen molar-refractivity contribution in [3.8, 4) is 17.7 Å². The molecule has 0 aliphatic carbocycles. The summed E-state index contributed by atoms with van der Waals surface area (Å²) in [4.78, 5) is 33.1. The maximum atomic E-state index is 12.3. The van der Waals surface area contributed by atoms with Crippen LogP contribution in [0, 0.1) is 17.2 Å². The van der Waals surface area contributed by atoms with Gasteiger partial charge in [0.2, 0.25) is 17.5 Å². The van der Waals surface area contributed by atoms with E-state index in [0.717, 1.165) is 0 Å². The van der Waals surface area contributed by atoms with Crippen molar-refractivity contribution < 1.29 is 18.4 Å². The van der Waals surface area contributed by atoms with Gasteiger partial charge in [-0.1, -0.05) is 0 Å². The number of amides is 2. The summed E-state index contributed by atoms with van der Waals surface area (Å²) in [6.45, 7) is 1.04. The predicted octanol–water partition coefficient (Wildman–Crippen LogP) is 1.81. The van der Waals surface area contributed by atoms with Crippen LogP contribution in [0.15, 0.2) is 45.6 Å². The lowest BCUT2D eigenvalue weighted by Crippen LogP contribution is -2.47. The minimum absolute atomic E-state index is 0.178. The van der Waals surface area contributed by atoms with Crippen LogP contribution in [0.3, 0.4) is 0 Å². The molecule has 0 unspecified atom stereocenters. The number of H-pyrrole nitrogens is 1. The molecule has 0 bridgehead atoms. The van der Waals surface area contributed by atoms with Gasteiger partial charge in [0.15, 0.2) is 5.76 Å². The zero-order valence-corrected chi connectivity index (χ0v) is 15.3. The number of hydrazine groups is 1. The molecule has 0 atom stereocenters. The molecular weight excluding hydrogens is 376 g/mol. The summed E-state index contributed by atoms with van der Waals surface area (Å²) in [5.74, 6) is 0.143. The molecule has 1 saturated heterocycles. The molecule has 0 saturated carbocycles. The second-order valence-corrected chi connectivity index (χ2v) is 6.55. The monoisotopic (exact) mass is 394 g/mol. The maximum Gasteiger partial charge on any atom is 0.286 e. The first-order chi connectivity index (χ1) is 14.2. The number of anilines is 1. The van der Waals surface area contributed by atoms with E-state index in [1.54, 1.807) is 30.5 Å². The van der Waals surface area contributed by atoms with Crippen LogP contribution in [-0.2, 0) is 4.79 Å². The van der Waals surface area contributed by atoms with E-state index >= 15 is 0 Å². The largest absolute Gasteiger partial charge is 0.459 e. The number of aromatic amines is 1. The fourth-order valence-electron chi connectivity index (χ4n) is 3.21. The Kier molecular flexibility index (Phi) is 5.03. The lowest BCUT2D eigenvalue weighted by atomic mass is 9.96. The van der Waals surface area contributed by atoms with E-state index < -0.39 is 5.91 Å². The molecule has 2 amide bonds. The normalized spacial score (nSPS) is 14.4. The first kappa shape index (κ1) is 18.4. The highest BCUT2D eigenvalue weighted by Crippen LogP contribution is 2.31. The standard InChI is InChI=1S/C19H18N6O4/c20-11-14-19(29-18(22-14)15-4-2-10-28-15)25-8-5-12(6-9-25)16(26)23-24-17(27)13-3-1-7-21-13/h1-4,7,10,12,21H,5-6,8-9H2,(H,23,26)(H,24,27). The molecule has 10 heteroatoms. The first-order valence-electron chi connectivity index (χ1n) is 9.09. The molecule has 0 aromatic carbocycles. The van der Waals surface area contributed by atoms with E-state index in [2.05, 4.69) is 20.8 Å². The van der Waals surface area contributed by atoms with E-state index in [1.807, 2.05) is 11.0 Å². The van der Waals surface area contributed by atoms with E-state index in [0.29, 0.717) is 43.3 Å². The fourth-order valence-corrected chi connectivity index (χ4v) is 3.21. The quantitative estimate of drug-likeness (QED) is 0.573. The molecule has 3 N–H and O–H groups in total. The molecule has 29 heavy (non-hydrogen) atoms. The van der Waals surface area contributed by atoms with Gasteiger partial charge in [-0.25, -0.2) is 0 Å². The van der Waals surface area contributed by atoms with E-state index in [1.165, 1.54) is 6.26 Å². The summed E-state index contributed by atoms with van der Waals surface area (Å²) in [6, 6.07) is 8.76. The molecule has 0 radical (unpaired) electrons. The topological polar surface area (TPSA) is 140 Å². The van der Waals surface area contributed by atoms with Crippen LogP contribution in [0.5, 0.6) is 0 Å². The third kappa shape index (κ3) is 3.84. The van der Waals surface area contributed by atoms with E-state index in [-0.39, 0.29) is 23.4 Å². The van der Waals surface area contributed by atoms with Crippen LogP contribution in [-0.4, -0.2) is 34.9 Å². The van der Waals surface area contributed by atoms with E-state index in [9.17, 15) is 14.9 Å². The molecule has 1 aliphatic heterocycles. The summed E-state index contributed by atoms with van der Waals surface area (Å²) in [6.07, 6.45) is 4.23. The average Bonchev–Trinajstić information content (AvgIpc) is 3.52. The van der Waals surface area contributed by atoms with Gasteiger partial charge in [0.25, 0.3) is 11.8 Å². The number of furan rings is 1. The number of nitriles is 1. The fraction of sp³-hybridized carbons (Fsp3) is 0.263. The van der Waals surface area contributed by atoms with Gasteiger partial charge in [-0.3, -0.25) is 20.4 Å². The SMILES string of the molecule is N#Cc1nc(-c2ccco2)oc1N1CCC(C(=O)NNC(=O)c2ccc[nH]2)CC1. The number of nitrogens with zero attached hydrogens (tertiary/aromatic N) is 3. The molecule has 0 spiro atoms. The summed E-state index contributed by atoms with van der Waals surface area (Å²) in [7, 11) is 0. The molecule has 1 fully saturated rings. The second-order valence-electron chi connectivity index (χ2n) is 6.55. The Bertz CT molecular complexity index is 1020. The molecule has 4 rings (SSSR count). The number of rotatable bonds is 4. The molecule has 3 aromatic heterocycles. The molecule has 10 nitrogen and oxygen atoms in total. The maximum absolute atomic E-state index is 12.3. The van der Waals surface area contributed by atoms with Gasteiger partial charge in [-0.15, -0.1) is 0 Å². The number of hydrogen-bond donors (Lipinski definition) is 3. The Balaban J connectivity index is 1.34. The zero-order chi connectivity index (χ0) is 20.2. The number of aromatic nitrogens is 2. The highest BCUT2D eigenvalue weighted by molar-refractivity contribution is 5.93. The van der Waals surface area contributed by atoms with E-state index in [4.69, 9.17) is 8.83 Å². The van der Waals surface area contributed by atoms with Gasteiger partial charge < -0.3 is 18.7 Å². The van der Waals surface area contributed by atoms with Crippen molar-refractivity contribution >= 4 is 17.7 Å². The van der Waals surface area contributed by atoms with Crippen molar-refractivity contribution in [2.75, 3.05) is 18.0 Å². The van der Waals surface area contributed by atoms with Gasteiger partial charge >= 0.3 is 0 Å². The smallest absolute Gasteiger partial charge is 0.286 e. The predicted molar refractivity (Wildman–Crippen MR) is 100 cm³/mol. The van der Waals surface area contributed by atoms with Crippen molar-refractivity contribution in [2.24, 2.45) is 5.92 Å². The van der Waals surface area contributed by atoms with Gasteiger partial charge in [-0.05, 0) is 37.1 Å². The average molecular weight is 394 g/mol. The van der Waals surface area contributed by atoms with Crippen LogP contribution in [0.25, 0.3) is 11.7 Å². The number of carbonyl (C=O) groups is 2. The molecule has 148 valence electrons. The summed E-state index contributed by atoms with van der Waals surface area (Å²) in [5, 5.41) is 9.36. The number of hydrogen-bond acceptors (Lipinski definition) is 7. The van der Waals surface area contributed by atoms with Crippen LogP contribution < -0.4 is 15.8 Å². The van der Waals surface area contributed by atoms with Crippen LogP contribution >= 0.6 is 0 Å². The Morgan fingerprint density at radius 1 is 1.24 bits per heavy atom. The van der Waals surface area contributed by atoms with Gasteiger partial charge in [0.1, 0.15) is 11.8 Å². The Labute approximate surface area is 165 Å². The highest BCUT2D eigenvalue weighted by atomic mass is 16.4. The first-order valence-corrected chi connectivity index (χ1v) is 9.09. The third-order valence-corrected chi connectivity index (χ3v) is 4.74. The summed E-state index contributed by atoms with van der Waals surface area (Å²) in [5.41, 5.74) is 5.40. The van der Waals surface area contributed by atoms with Crippen molar-refractivity contribution in [3.63, 3.8) is 0 Å². The lowest BCUT2D eigenvalue weighted by molar-refractivity contribution is -0.126. The van der Waals surface area contributed by atoms with Crippen molar-refractivity contribution in [2.45, 2.75) is 12.8 Å². The second kappa shape index (κ2) is 7.93. The molecule has 3 aromatic rings. The van der Waals surface area contributed by atoms with Crippen molar-refractivity contribution in [3.05, 3.63) is 48.1 Å². The summed E-state index contributed by atoms with van der Waals surface area (Å²) >= 11 is 0. The van der Waals surface area contributed by atoms with Gasteiger partial charge in [-0.2, -0.15) is 10.2 Å².